The Morgan fingerprint density at radius 3 is 2.34 bits per heavy atom. The minimum absolute atomic E-state index is 0.0109. The molecule has 0 aliphatic carbocycles. The van der Waals surface area contributed by atoms with Crippen molar-refractivity contribution in [2.24, 2.45) is 4.99 Å². The smallest absolute Gasteiger partial charge is 0.243 e. The molecule has 0 saturated carbocycles. The molecule has 8 heteroatoms. The van der Waals surface area contributed by atoms with Gasteiger partial charge in [-0.25, -0.2) is 8.78 Å². The van der Waals surface area contributed by atoms with Crippen LogP contribution in [0.3, 0.4) is 0 Å². The molecular formula is C21H24F2N4O2. The summed E-state index contributed by atoms with van der Waals surface area (Å²) in [6, 6.07) is 11.8. The first-order chi connectivity index (χ1) is 13.9. The van der Waals surface area contributed by atoms with Crippen molar-refractivity contribution < 1.29 is 18.3 Å². The third-order valence-corrected chi connectivity index (χ3v) is 4.55. The zero-order valence-electron chi connectivity index (χ0n) is 16.4. The van der Waals surface area contributed by atoms with Gasteiger partial charge in [-0.2, -0.15) is 0 Å². The normalized spacial score (nSPS) is 19.7. The highest BCUT2D eigenvalue weighted by Gasteiger charge is 2.28. The van der Waals surface area contributed by atoms with Gasteiger partial charge in [0.2, 0.25) is 5.91 Å². The van der Waals surface area contributed by atoms with Crippen molar-refractivity contribution >= 4 is 17.6 Å². The molecular weight excluding hydrogens is 378 g/mol. The van der Waals surface area contributed by atoms with E-state index < -0.39 is 0 Å². The van der Waals surface area contributed by atoms with Crippen LogP contribution >= 0.6 is 0 Å². The SMILES string of the molecule is CN=C(NCC(=O)Nc1ccc(F)cc1)N1CC(C)OC(c2ccc(F)cc2)C1. The number of halogens is 2. The van der Waals surface area contributed by atoms with Crippen LogP contribution in [0.1, 0.15) is 18.6 Å². The predicted octanol–water partition coefficient (Wildman–Crippen LogP) is 2.94. The third-order valence-electron chi connectivity index (χ3n) is 4.55. The second-order valence-corrected chi connectivity index (χ2v) is 6.85. The zero-order valence-corrected chi connectivity index (χ0v) is 16.4. The average Bonchev–Trinajstić information content (AvgIpc) is 2.70. The molecule has 1 saturated heterocycles. The van der Waals surface area contributed by atoms with Gasteiger partial charge < -0.3 is 20.3 Å². The van der Waals surface area contributed by atoms with E-state index in [2.05, 4.69) is 15.6 Å². The molecule has 6 nitrogen and oxygen atoms in total. The van der Waals surface area contributed by atoms with Crippen molar-refractivity contribution in [3.63, 3.8) is 0 Å². The number of carbonyl (C=O) groups is 1. The minimum atomic E-state index is -0.362. The summed E-state index contributed by atoms with van der Waals surface area (Å²) >= 11 is 0. The Balaban J connectivity index is 1.58. The Labute approximate surface area is 168 Å². The highest BCUT2D eigenvalue weighted by atomic mass is 19.1. The van der Waals surface area contributed by atoms with E-state index in [1.54, 1.807) is 19.2 Å². The summed E-state index contributed by atoms with van der Waals surface area (Å²) in [5, 5.41) is 5.74. The standard InChI is InChI=1S/C21H24F2N4O2/c1-14-12-27(13-19(29-14)15-3-5-16(22)6-4-15)21(24-2)25-11-20(28)26-18-9-7-17(23)8-10-18/h3-10,14,19H,11-13H2,1-2H3,(H,24,25)(H,26,28). The number of rotatable bonds is 4. The first kappa shape index (κ1) is 20.7. The van der Waals surface area contributed by atoms with Crippen LogP contribution in [-0.2, 0) is 9.53 Å². The summed E-state index contributed by atoms with van der Waals surface area (Å²) in [4.78, 5) is 18.5. The van der Waals surface area contributed by atoms with Crippen LogP contribution in [0.4, 0.5) is 14.5 Å². The Morgan fingerprint density at radius 2 is 1.72 bits per heavy atom. The number of morpholine rings is 1. The average molecular weight is 402 g/mol. The largest absolute Gasteiger partial charge is 0.367 e. The maximum absolute atomic E-state index is 13.2. The lowest BCUT2D eigenvalue weighted by molar-refractivity contribution is -0.115. The quantitative estimate of drug-likeness (QED) is 0.610. The molecule has 2 aromatic carbocycles. The Kier molecular flexibility index (Phi) is 6.77. The van der Waals surface area contributed by atoms with Gasteiger partial charge in [-0.3, -0.25) is 9.79 Å². The van der Waals surface area contributed by atoms with Crippen molar-refractivity contribution in [3.05, 3.63) is 65.7 Å². The summed E-state index contributed by atoms with van der Waals surface area (Å²) in [6.45, 7) is 3.10. The summed E-state index contributed by atoms with van der Waals surface area (Å²) in [5.74, 6) is -0.353. The van der Waals surface area contributed by atoms with Gasteiger partial charge in [0.15, 0.2) is 5.96 Å². The summed E-state index contributed by atoms with van der Waals surface area (Å²) in [7, 11) is 1.65. The number of aliphatic imine (C=N–C) groups is 1. The summed E-state index contributed by atoms with van der Waals surface area (Å²) in [5.41, 5.74) is 1.40. The molecule has 0 radical (unpaired) electrons. The van der Waals surface area contributed by atoms with Crippen LogP contribution < -0.4 is 10.6 Å². The number of nitrogens with one attached hydrogen (secondary N) is 2. The van der Waals surface area contributed by atoms with Gasteiger partial charge in [-0.15, -0.1) is 0 Å². The number of anilines is 1. The van der Waals surface area contributed by atoms with Gasteiger partial charge in [0.25, 0.3) is 0 Å². The molecule has 2 N–H and O–H groups in total. The molecule has 2 unspecified atom stereocenters. The Hall–Kier alpha value is -3.00. The van der Waals surface area contributed by atoms with Gasteiger partial charge in [0.05, 0.1) is 19.2 Å². The summed E-state index contributed by atoms with van der Waals surface area (Å²) < 4.78 is 32.2. The molecule has 1 aliphatic heterocycles. The molecule has 1 heterocycles. The molecule has 29 heavy (non-hydrogen) atoms. The zero-order chi connectivity index (χ0) is 20.8. The Bertz CT molecular complexity index is 856. The molecule has 3 rings (SSSR count). The van der Waals surface area contributed by atoms with E-state index in [-0.39, 0.29) is 36.3 Å². The number of benzene rings is 2. The highest BCUT2D eigenvalue weighted by Crippen LogP contribution is 2.25. The molecule has 0 aromatic heterocycles. The number of hydrogen-bond donors (Lipinski definition) is 2. The van der Waals surface area contributed by atoms with E-state index in [1.165, 1.54) is 36.4 Å². The second-order valence-electron chi connectivity index (χ2n) is 6.85. The van der Waals surface area contributed by atoms with Crippen molar-refractivity contribution in [1.29, 1.82) is 0 Å². The van der Waals surface area contributed by atoms with Crippen LogP contribution in [0.2, 0.25) is 0 Å². The lowest BCUT2D eigenvalue weighted by atomic mass is 10.1. The van der Waals surface area contributed by atoms with Gasteiger partial charge in [0.1, 0.15) is 17.7 Å². The fourth-order valence-electron chi connectivity index (χ4n) is 3.22. The third kappa shape index (κ3) is 5.74. The van der Waals surface area contributed by atoms with Crippen molar-refractivity contribution in [3.8, 4) is 0 Å². The maximum atomic E-state index is 13.2. The predicted molar refractivity (Wildman–Crippen MR) is 108 cm³/mol. The molecule has 1 amide bonds. The molecule has 0 spiro atoms. The number of carbonyl (C=O) groups excluding carboxylic acids is 1. The molecule has 1 fully saturated rings. The summed E-state index contributed by atoms with van der Waals surface area (Å²) in [6.07, 6.45) is -0.295. The van der Waals surface area contributed by atoms with E-state index in [1.807, 2.05) is 11.8 Å². The number of amides is 1. The van der Waals surface area contributed by atoms with E-state index in [0.717, 1.165) is 5.56 Å². The van der Waals surface area contributed by atoms with Crippen molar-refractivity contribution in [2.75, 3.05) is 32.0 Å². The lowest BCUT2D eigenvalue weighted by Crippen LogP contribution is -2.51. The van der Waals surface area contributed by atoms with E-state index in [0.29, 0.717) is 24.7 Å². The molecule has 0 bridgehead atoms. The van der Waals surface area contributed by atoms with Crippen LogP contribution in [0.25, 0.3) is 0 Å². The van der Waals surface area contributed by atoms with Crippen LogP contribution in [0.15, 0.2) is 53.5 Å². The van der Waals surface area contributed by atoms with Gasteiger partial charge in [0, 0.05) is 19.3 Å². The first-order valence-electron chi connectivity index (χ1n) is 9.36. The highest BCUT2D eigenvalue weighted by molar-refractivity contribution is 5.95. The first-order valence-corrected chi connectivity index (χ1v) is 9.36. The van der Waals surface area contributed by atoms with Crippen molar-refractivity contribution in [2.45, 2.75) is 19.1 Å². The van der Waals surface area contributed by atoms with Gasteiger partial charge in [-0.1, -0.05) is 12.1 Å². The van der Waals surface area contributed by atoms with E-state index >= 15 is 0 Å². The topological polar surface area (TPSA) is 66.0 Å². The van der Waals surface area contributed by atoms with Gasteiger partial charge >= 0.3 is 0 Å². The second kappa shape index (κ2) is 9.47. The minimum Gasteiger partial charge on any atom is -0.367 e. The monoisotopic (exact) mass is 402 g/mol. The fourth-order valence-corrected chi connectivity index (χ4v) is 3.22. The van der Waals surface area contributed by atoms with Crippen molar-refractivity contribution in [1.82, 2.24) is 10.2 Å². The van der Waals surface area contributed by atoms with Crippen LogP contribution in [-0.4, -0.2) is 49.6 Å². The maximum Gasteiger partial charge on any atom is 0.243 e. The number of hydrogen-bond acceptors (Lipinski definition) is 3. The van der Waals surface area contributed by atoms with E-state index in [9.17, 15) is 13.6 Å². The fraction of sp³-hybridized carbons (Fsp3) is 0.333. The molecule has 2 aromatic rings. The van der Waals surface area contributed by atoms with Crippen LogP contribution in [0.5, 0.6) is 0 Å². The molecule has 2 atom stereocenters. The van der Waals surface area contributed by atoms with E-state index in [4.69, 9.17) is 4.74 Å². The van der Waals surface area contributed by atoms with Crippen LogP contribution in [0, 0.1) is 11.6 Å². The lowest BCUT2D eigenvalue weighted by Gasteiger charge is -2.38. The molecule has 154 valence electrons. The Morgan fingerprint density at radius 1 is 1.10 bits per heavy atom. The van der Waals surface area contributed by atoms with Gasteiger partial charge in [-0.05, 0) is 48.9 Å². The number of nitrogens with zero attached hydrogens (tertiary/aromatic N) is 2. The molecule has 1 aliphatic rings. The number of ether oxygens (including phenoxy) is 1. The number of guanidine groups is 1.